The van der Waals surface area contributed by atoms with Gasteiger partial charge in [-0.1, -0.05) is 0 Å². The minimum Gasteiger partial charge on any atom is -0.497 e. The molecule has 0 saturated heterocycles. The smallest absolute Gasteiger partial charge is 0.119 e. The van der Waals surface area contributed by atoms with Gasteiger partial charge in [0.25, 0.3) is 0 Å². The van der Waals surface area contributed by atoms with Gasteiger partial charge in [-0.25, -0.2) is 0 Å². The fraction of sp³-hybridized carbons (Fsp3) is 0.600. The van der Waals surface area contributed by atoms with Crippen molar-refractivity contribution in [3.63, 3.8) is 0 Å². The topological polar surface area (TPSA) is 38.5 Å². The van der Waals surface area contributed by atoms with E-state index in [1.54, 1.807) is 7.11 Å². The summed E-state index contributed by atoms with van der Waals surface area (Å²) in [4.78, 5) is 2.33. The first-order valence-corrected chi connectivity index (χ1v) is 6.80. The van der Waals surface area contributed by atoms with Crippen LogP contribution in [0.15, 0.2) is 24.3 Å². The van der Waals surface area contributed by atoms with Crippen molar-refractivity contribution in [2.75, 3.05) is 25.6 Å². The normalized spacial score (nSPS) is 23.7. The van der Waals surface area contributed by atoms with Gasteiger partial charge >= 0.3 is 0 Å². The first-order valence-electron chi connectivity index (χ1n) is 6.80. The van der Waals surface area contributed by atoms with E-state index in [0.29, 0.717) is 6.04 Å². The minimum absolute atomic E-state index is 0.438. The summed E-state index contributed by atoms with van der Waals surface area (Å²) >= 11 is 0. The Labute approximate surface area is 110 Å². The maximum Gasteiger partial charge on any atom is 0.119 e. The van der Waals surface area contributed by atoms with Gasteiger partial charge in [0.05, 0.1) is 7.11 Å². The van der Waals surface area contributed by atoms with Gasteiger partial charge in [0.15, 0.2) is 0 Å². The maximum atomic E-state index is 5.94. The molecule has 0 heterocycles. The van der Waals surface area contributed by atoms with E-state index >= 15 is 0 Å². The molecule has 0 radical (unpaired) electrons. The van der Waals surface area contributed by atoms with E-state index in [9.17, 15) is 0 Å². The highest BCUT2D eigenvalue weighted by molar-refractivity contribution is 5.48. The molecule has 0 atom stereocenters. The van der Waals surface area contributed by atoms with E-state index in [1.807, 2.05) is 12.1 Å². The van der Waals surface area contributed by atoms with Crippen molar-refractivity contribution in [3.05, 3.63) is 24.3 Å². The van der Waals surface area contributed by atoms with Crippen LogP contribution in [0.2, 0.25) is 0 Å². The molecule has 0 aromatic heterocycles. The molecule has 3 heteroatoms. The van der Waals surface area contributed by atoms with E-state index in [-0.39, 0.29) is 0 Å². The highest BCUT2D eigenvalue weighted by atomic mass is 16.5. The number of hydrogen-bond donors (Lipinski definition) is 1. The molecule has 1 fully saturated rings. The number of anilines is 1. The van der Waals surface area contributed by atoms with Gasteiger partial charge in [-0.3, -0.25) is 0 Å². The molecule has 3 nitrogen and oxygen atoms in total. The number of hydrogen-bond acceptors (Lipinski definition) is 3. The number of nitrogens with two attached hydrogens (primary N) is 1. The van der Waals surface area contributed by atoms with Crippen molar-refractivity contribution in [1.29, 1.82) is 0 Å². The zero-order chi connectivity index (χ0) is 13.0. The Kier molecular flexibility index (Phi) is 4.48. The van der Waals surface area contributed by atoms with Gasteiger partial charge in [-0.2, -0.15) is 0 Å². The van der Waals surface area contributed by atoms with Crippen LogP contribution < -0.4 is 15.4 Å². The second kappa shape index (κ2) is 6.10. The van der Waals surface area contributed by atoms with Crippen LogP contribution in [0.5, 0.6) is 5.75 Å². The van der Waals surface area contributed by atoms with Crippen LogP contribution in [0, 0.1) is 5.92 Å². The summed E-state index contributed by atoms with van der Waals surface area (Å²) in [5.74, 6) is 1.70. The van der Waals surface area contributed by atoms with Crippen LogP contribution >= 0.6 is 0 Å². The summed E-state index contributed by atoms with van der Waals surface area (Å²) in [5, 5.41) is 0. The predicted molar refractivity (Wildman–Crippen MR) is 76.2 cm³/mol. The van der Waals surface area contributed by atoms with E-state index in [0.717, 1.165) is 18.2 Å². The molecule has 0 unspecified atom stereocenters. The molecule has 18 heavy (non-hydrogen) atoms. The van der Waals surface area contributed by atoms with Crippen LogP contribution in [0.4, 0.5) is 5.69 Å². The summed E-state index contributed by atoms with van der Waals surface area (Å²) in [6.45, 7) is 1.12. The highest BCUT2D eigenvalue weighted by Crippen LogP contribution is 2.26. The molecule has 0 aliphatic heterocycles. The van der Waals surface area contributed by atoms with Crippen molar-refractivity contribution < 1.29 is 4.74 Å². The summed E-state index contributed by atoms with van der Waals surface area (Å²) in [7, 11) is 3.86. The minimum atomic E-state index is 0.438. The van der Waals surface area contributed by atoms with Crippen molar-refractivity contribution in [2.45, 2.75) is 31.7 Å². The van der Waals surface area contributed by atoms with Crippen molar-refractivity contribution in [1.82, 2.24) is 0 Å². The predicted octanol–water partition coefficient (Wildman–Crippen LogP) is 2.65. The first-order chi connectivity index (χ1) is 8.69. The molecular formula is C15H24N2O. The Bertz CT molecular complexity index is 355. The quantitative estimate of drug-likeness (QED) is 0.890. The zero-order valence-electron chi connectivity index (χ0n) is 11.4. The lowest BCUT2D eigenvalue weighted by Crippen LogP contribution is -2.32. The summed E-state index contributed by atoms with van der Waals surface area (Å²) < 4.78 is 5.18. The highest BCUT2D eigenvalue weighted by Gasteiger charge is 2.19. The molecule has 1 aromatic rings. The average molecular weight is 248 g/mol. The third kappa shape index (κ3) is 3.39. The molecule has 0 amide bonds. The molecule has 1 aromatic carbocycles. The first kappa shape index (κ1) is 13.2. The fourth-order valence-electron chi connectivity index (χ4n) is 2.70. The van der Waals surface area contributed by atoms with Gasteiger partial charge in [0, 0.05) is 25.3 Å². The number of ether oxygens (including phenoxy) is 1. The fourth-order valence-corrected chi connectivity index (χ4v) is 2.70. The second-order valence-electron chi connectivity index (χ2n) is 5.36. The monoisotopic (exact) mass is 248 g/mol. The van der Waals surface area contributed by atoms with Crippen LogP contribution in [-0.4, -0.2) is 26.7 Å². The number of benzene rings is 1. The van der Waals surface area contributed by atoms with E-state index < -0.39 is 0 Å². The largest absolute Gasteiger partial charge is 0.497 e. The Morgan fingerprint density at radius 2 is 1.78 bits per heavy atom. The van der Waals surface area contributed by atoms with E-state index in [1.165, 1.54) is 31.4 Å². The Morgan fingerprint density at radius 3 is 2.33 bits per heavy atom. The van der Waals surface area contributed by atoms with Crippen molar-refractivity contribution >= 4 is 5.69 Å². The Hall–Kier alpha value is -1.22. The van der Waals surface area contributed by atoms with Gasteiger partial charge in [0.2, 0.25) is 0 Å². The number of rotatable bonds is 4. The molecule has 100 valence electrons. The molecule has 0 bridgehead atoms. The maximum absolute atomic E-state index is 5.94. The van der Waals surface area contributed by atoms with Gasteiger partial charge in [-0.05, 0) is 55.9 Å². The molecule has 2 rings (SSSR count). The molecule has 1 saturated carbocycles. The SMILES string of the molecule is COc1ccc(N(C)CC2CCC(N)CC2)cc1. The third-order valence-corrected chi connectivity index (χ3v) is 3.94. The second-order valence-corrected chi connectivity index (χ2v) is 5.36. The Morgan fingerprint density at radius 1 is 1.17 bits per heavy atom. The van der Waals surface area contributed by atoms with Gasteiger partial charge in [0.1, 0.15) is 5.75 Å². The third-order valence-electron chi connectivity index (χ3n) is 3.94. The van der Waals surface area contributed by atoms with Crippen LogP contribution in [-0.2, 0) is 0 Å². The van der Waals surface area contributed by atoms with Gasteiger partial charge in [-0.15, -0.1) is 0 Å². The molecule has 1 aliphatic rings. The number of nitrogens with zero attached hydrogens (tertiary/aromatic N) is 1. The van der Waals surface area contributed by atoms with Gasteiger partial charge < -0.3 is 15.4 Å². The molecule has 1 aliphatic carbocycles. The average Bonchev–Trinajstić information content (AvgIpc) is 2.41. The summed E-state index contributed by atoms with van der Waals surface area (Å²) in [5.41, 5.74) is 7.20. The lowest BCUT2D eigenvalue weighted by Gasteiger charge is -2.30. The lowest BCUT2D eigenvalue weighted by molar-refractivity contribution is 0.330. The molecular weight excluding hydrogens is 224 g/mol. The summed E-state index contributed by atoms with van der Waals surface area (Å²) in [6.07, 6.45) is 4.89. The lowest BCUT2D eigenvalue weighted by atomic mass is 9.86. The van der Waals surface area contributed by atoms with Crippen LogP contribution in [0.25, 0.3) is 0 Å². The molecule has 2 N–H and O–H groups in total. The van der Waals surface area contributed by atoms with Crippen LogP contribution in [0.1, 0.15) is 25.7 Å². The van der Waals surface area contributed by atoms with Crippen LogP contribution in [0.3, 0.4) is 0 Å². The van der Waals surface area contributed by atoms with Crippen molar-refractivity contribution in [2.24, 2.45) is 11.7 Å². The summed E-state index contributed by atoms with van der Waals surface area (Å²) in [6, 6.07) is 8.71. The van der Waals surface area contributed by atoms with E-state index in [4.69, 9.17) is 10.5 Å². The number of methoxy groups -OCH3 is 1. The Balaban J connectivity index is 1.88. The zero-order valence-corrected chi connectivity index (χ0v) is 11.4. The van der Waals surface area contributed by atoms with E-state index in [2.05, 4.69) is 24.1 Å². The molecule has 0 spiro atoms. The van der Waals surface area contributed by atoms with Crippen molar-refractivity contribution in [3.8, 4) is 5.75 Å². The standard InChI is InChI=1S/C15H24N2O/c1-17(11-12-3-5-13(16)6-4-12)14-7-9-15(18-2)10-8-14/h7-10,12-13H,3-6,11,16H2,1-2H3.